The van der Waals surface area contributed by atoms with Crippen LogP contribution < -0.4 is 0 Å². The molecule has 13 heavy (non-hydrogen) atoms. The van der Waals surface area contributed by atoms with Crippen molar-refractivity contribution < 1.29 is 9.47 Å². The summed E-state index contributed by atoms with van der Waals surface area (Å²) < 4.78 is 11.3. The van der Waals surface area contributed by atoms with E-state index in [1.165, 1.54) is 12.2 Å². The third-order valence-corrected chi connectivity index (χ3v) is 6.50. The van der Waals surface area contributed by atoms with Crippen molar-refractivity contribution in [2.75, 3.05) is 19.0 Å². The fourth-order valence-electron chi connectivity index (χ4n) is 1.14. The monoisotopic (exact) mass is 222 g/mol. The molecule has 0 fully saturated rings. The average molecular weight is 222 g/mol. The van der Waals surface area contributed by atoms with Crippen LogP contribution in [0.25, 0.3) is 0 Å². The zero-order chi connectivity index (χ0) is 10.2. The second kappa shape index (κ2) is 7.85. The summed E-state index contributed by atoms with van der Waals surface area (Å²) in [6, 6.07) is 0. The van der Waals surface area contributed by atoms with Crippen LogP contribution in [0.1, 0.15) is 34.1 Å². The normalized spacial score (nSPS) is 12.9. The van der Waals surface area contributed by atoms with Crippen LogP contribution in [0.5, 0.6) is 0 Å². The quantitative estimate of drug-likeness (QED) is 0.355. The van der Waals surface area contributed by atoms with Crippen LogP contribution in [0.3, 0.4) is 0 Å². The molecular weight excluding hydrogens is 200 g/mol. The number of rotatable bonds is 8. The molecule has 0 unspecified atom stereocenters. The van der Waals surface area contributed by atoms with Gasteiger partial charge in [-0.25, -0.2) is 0 Å². The second-order valence-corrected chi connectivity index (χ2v) is 7.53. The molecule has 0 aliphatic heterocycles. The summed E-state index contributed by atoms with van der Waals surface area (Å²) in [6.07, 6.45) is 1.24. The molecule has 0 aliphatic carbocycles. The Morgan fingerprint density at radius 1 is 1.15 bits per heavy atom. The third kappa shape index (κ3) is 6.54. The Morgan fingerprint density at radius 2 is 1.69 bits per heavy atom. The van der Waals surface area contributed by atoms with Crippen LogP contribution in [-0.2, 0) is 9.47 Å². The second-order valence-electron chi connectivity index (χ2n) is 3.05. The van der Waals surface area contributed by atoms with Crippen LogP contribution in [-0.4, -0.2) is 33.0 Å². The van der Waals surface area contributed by atoms with Crippen molar-refractivity contribution in [2.24, 2.45) is 0 Å². The third-order valence-electron chi connectivity index (χ3n) is 1.61. The van der Waals surface area contributed by atoms with E-state index in [0.29, 0.717) is 0 Å². The summed E-state index contributed by atoms with van der Waals surface area (Å²) in [5.74, 6) is 1.24. The van der Waals surface area contributed by atoms with E-state index < -0.39 is 0 Å². The maximum atomic E-state index is 5.64. The van der Waals surface area contributed by atoms with Gasteiger partial charge in [-0.2, -0.15) is 11.2 Å². The largest absolute Gasteiger partial charge is 0.354 e. The Balaban J connectivity index is 3.76. The van der Waals surface area contributed by atoms with Crippen LogP contribution >= 0.6 is 11.2 Å². The molecule has 2 nitrogen and oxygen atoms in total. The van der Waals surface area contributed by atoms with E-state index in [0.717, 1.165) is 13.2 Å². The van der Waals surface area contributed by atoms with Crippen LogP contribution in [0.4, 0.5) is 0 Å². The summed E-state index contributed by atoms with van der Waals surface area (Å²) in [5, 5.41) is 0. The van der Waals surface area contributed by atoms with E-state index in [2.05, 4.69) is 13.8 Å². The highest BCUT2D eigenvalue weighted by molar-refractivity contribution is 8.22. The minimum atomic E-state index is -0.332. The molecule has 0 saturated carbocycles. The Morgan fingerprint density at radius 3 is 2.08 bits per heavy atom. The van der Waals surface area contributed by atoms with Crippen molar-refractivity contribution >= 4 is 19.9 Å². The fraction of sp³-hybridized carbons (Fsp3) is 1.00. The summed E-state index contributed by atoms with van der Waals surface area (Å²) in [6.45, 7) is 9.83. The Hall–Kier alpha value is 0.487. The molecule has 0 aliphatic rings. The maximum absolute atomic E-state index is 5.64. The van der Waals surface area contributed by atoms with Gasteiger partial charge in [0.15, 0.2) is 14.1 Å². The predicted molar refractivity (Wildman–Crippen MR) is 63.0 cm³/mol. The van der Waals surface area contributed by atoms with E-state index in [-0.39, 0.29) is 14.1 Å². The minimum absolute atomic E-state index is 0.247. The summed E-state index contributed by atoms with van der Waals surface area (Å²) in [7, 11) is -0.332. The lowest BCUT2D eigenvalue weighted by atomic mass is 10.6. The van der Waals surface area contributed by atoms with E-state index >= 15 is 0 Å². The Bertz CT molecular complexity index is 116. The van der Waals surface area contributed by atoms with Gasteiger partial charge >= 0.3 is 0 Å². The summed E-state index contributed by atoms with van der Waals surface area (Å²) in [4.78, 5) is 0. The highest BCUT2D eigenvalue weighted by Gasteiger charge is 2.24. The molecule has 0 bridgehead atoms. The standard InChI is InChI=1S/C9H22O2SSi/c1-5-8-12-13-9(4,10-6-2)11-7-3/h5-8,13H2,1-4H3. The van der Waals surface area contributed by atoms with E-state index in [1.54, 1.807) is 0 Å². The first-order chi connectivity index (χ1) is 6.18. The van der Waals surface area contributed by atoms with E-state index in [1.807, 2.05) is 25.1 Å². The molecule has 0 heterocycles. The van der Waals surface area contributed by atoms with Gasteiger partial charge in [0.25, 0.3) is 0 Å². The molecule has 0 aromatic heterocycles. The van der Waals surface area contributed by atoms with Crippen molar-refractivity contribution in [1.29, 1.82) is 0 Å². The smallest absolute Gasteiger partial charge is 0.155 e. The van der Waals surface area contributed by atoms with E-state index in [4.69, 9.17) is 9.47 Å². The van der Waals surface area contributed by atoms with Gasteiger partial charge in [-0.3, -0.25) is 0 Å². The summed E-state index contributed by atoms with van der Waals surface area (Å²) in [5.41, 5.74) is -0.247. The van der Waals surface area contributed by atoms with Crippen LogP contribution in [0, 0.1) is 0 Å². The lowest BCUT2D eigenvalue weighted by Crippen LogP contribution is -2.38. The molecule has 0 atom stereocenters. The van der Waals surface area contributed by atoms with Gasteiger partial charge in [0.05, 0.1) is 0 Å². The lowest BCUT2D eigenvalue weighted by molar-refractivity contribution is -0.161. The lowest BCUT2D eigenvalue weighted by Gasteiger charge is -2.28. The van der Waals surface area contributed by atoms with Gasteiger partial charge in [-0.15, -0.1) is 0 Å². The molecule has 0 amide bonds. The molecule has 0 spiro atoms. The van der Waals surface area contributed by atoms with Gasteiger partial charge in [0.1, 0.15) is 0 Å². The Labute approximate surface area is 88.2 Å². The van der Waals surface area contributed by atoms with Gasteiger partial charge in [0.2, 0.25) is 0 Å². The Kier molecular flexibility index (Phi) is 8.14. The van der Waals surface area contributed by atoms with Crippen molar-refractivity contribution in [3.63, 3.8) is 0 Å². The topological polar surface area (TPSA) is 18.5 Å². The van der Waals surface area contributed by atoms with Crippen LogP contribution in [0.15, 0.2) is 0 Å². The number of ether oxygens (including phenoxy) is 2. The summed E-state index contributed by atoms with van der Waals surface area (Å²) >= 11 is 2.03. The molecule has 0 aromatic rings. The van der Waals surface area contributed by atoms with Crippen molar-refractivity contribution in [1.82, 2.24) is 0 Å². The van der Waals surface area contributed by atoms with Gasteiger partial charge in [0, 0.05) is 13.2 Å². The first-order valence-electron chi connectivity index (χ1n) is 5.04. The predicted octanol–water partition coefficient (Wildman–Crippen LogP) is 1.96. The number of hydrogen-bond donors (Lipinski definition) is 0. The zero-order valence-corrected chi connectivity index (χ0v) is 11.5. The fourth-order valence-corrected chi connectivity index (χ4v) is 5.43. The molecule has 0 rings (SSSR count). The molecule has 4 heteroatoms. The number of hydrogen-bond acceptors (Lipinski definition) is 3. The highest BCUT2D eigenvalue weighted by atomic mass is 32.4. The molecule has 0 radical (unpaired) electrons. The maximum Gasteiger partial charge on any atom is 0.155 e. The first kappa shape index (κ1) is 13.5. The van der Waals surface area contributed by atoms with Gasteiger partial charge in [-0.1, -0.05) is 6.92 Å². The van der Waals surface area contributed by atoms with Crippen molar-refractivity contribution in [3.8, 4) is 0 Å². The minimum Gasteiger partial charge on any atom is -0.354 e. The van der Waals surface area contributed by atoms with E-state index in [9.17, 15) is 0 Å². The van der Waals surface area contributed by atoms with Crippen molar-refractivity contribution in [3.05, 3.63) is 0 Å². The van der Waals surface area contributed by atoms with Gasteiger partial charge < -0.3 is 9.47 Å². The molecule has 0 saturated heterocycles. The molecule has 80 valence electrons. The zero-order valence-electron chi connectivity index (χ0n) is 9.26. The van der Waals surface area contributed by atoms with Crippen molar-refractivity contribution in [2.45, 2.75) is 39.5 Å². The van der Waals surface area contributed by atoms with Gasteiger partial charge in [-0.05, 0) is 32.9 Å². The highest BCUT2D eigenvalue weighted by Crippen LogP contribution is 2.17. The molecule has 0 N–H and O–H groups in total. The molecular formula is C9H22O2SSi. The van der Waals surface area contributed by atoms with Crippen LogP contribution in [0.2, 0.25) is 0 Å². The average Bonchev–Trinajstić information content (AvgIpc) is 2.05. The SMILES string of the molecule is CCCS[SiH2]C(C)(OCC)OCC. The molecule has 0 aromatic carbocycles. The first-order valence-corrected chi connectivity index (χ1v) is 8.63.